The molecule has 20 heavy (non-hydrogen) atoms. The van der Waals surface area contributed by atoms with Gasteiger partial charge in [-0.05, 0) is 30.2 Å². The van der Waals surface area contributed by atoms with E-state index in [1.54, 1.807) is 11.8 Å². The molecule has 4 nitrogen and oxygen atoms in total. The molecule has 0 radical (unpaired) electrons. The van der Waals surface area contributed by atoms with Crippen LogP contribution in [0.4, 0.5) is 11.4 Å². The molecule has 2 N–H and O–H groups in total. The van der Waals surface area contributed by atoms with Gasteiger partial charge in [-0.25, -0.2) is 5.06 Å². The molecule has 0 amide bonds. The van der Waals surface area contributed by atoms with E-state index in [1.807, 2.05) is 42.5 Å². The van der Waals surface area contributed by atoms with Crippen molar-refractivity contribution in [1.82, 2.24) is 0 Å². The van der Waals surface area contributed by atoms with Crippen molar-refractivity contribution in [2.24, 2.45) is 0 Å². The Morgan fingerprint density at radius 1 is 1.10 bits per heavy atom. The standard InChI is InChI=1S/C15H13NO3S/c17-14(18)9-8-10-4-3-7-13-15(10)16(19)11-5-1-2-6-12(11)20-13/h1-7,19H,8-9H2,(H,17,18). The molecule has 0 aliphatic carbocycles. The number of carboxylic acids is 1. The number of benzene rings is 2. The third-order valence-electron chi connectivity index (χ3n) is 3.22. The molecule has 0 atom stereocenters. The van der Waals surface area contributed by atoms with Gasteiger partial charge in [0, 0.05) is 16.2 Å². The van der Waals surface area contributed by atoms with Gasteiger partial charge in [0.05, 0.1) is 11.4 Å². The molecule has 1 aliphatic heterocycles. The van der Waals surface area contributed by atoms with Gasteiger partial charge in [-0.3, -0.25) is 10.0 Å². The van der Waals surface area contributed by atoms with Crippen LogP contribution < -0.4 is 5.06 Å². The van der Waals surface area contributed by atoms with Gasteiger partial charge in [0.1, 0.15) is 0 Å². The van der Waals surface area contributed by atoms with Crippen molar-refractivity contribution < 1.29 is 15.1 Å². The largest absolute Gasteiger partial charge is 0.481 e. The van der Waals surface area contributed by atoms with Crippen LogP contribution in [0.15, 0.2) is 52.3 Å². The summed E-state index contributed by atoms with van der Waals surface area (Å²) in [6, 6.07) is 13.3. The maximum absolute atomic E-state index is 10.7. The van der Waals surface area contributed by atoms with E-state index in [0.29, 0.717) is 12.1 Å². The van der Waals surface area contributed by atoms with Crippen molar-refractivity contribution in [3.05, 3.63) is 48.0 Å². The zero-order valence-corrected chi connectivity index (χ0v) is 11.4. The third kappa shape index (κ3) is 2.26. The molecule has 1 aliphatic rings. The van der Waals surface area contributed by atoms with Crippen molar-refractivity contribution in [1.29, 1.82) is 0 Å². The minimum atomic E-state index is -0.837. The lowest BCUT2D eigenvalue weighted by molar-refractivity contribution is -0.136. The van der Waals surface area contributed by atoms with Crippen molar-refractivity contribution in [3.63, 3.8) is 0 Å². The topological polar surface area (TPSA) is 60.8 Å². The van der Waals surface area contributed by atoms with Crippen LogP contribution in [0.5, 0.6) is 0 Å². The SMILES string of the molecule is O=C(O)CCc1cccc2c1N(O)c1ccccc1S2. The molecule has 102 valence electrons. The maximum Gasteiger partial charge on any atom is 0.303 e. The molecule has 0 bridgehead atoms. The zero-order chi connectivity index (χ0) is 14.1. The lowest BCUT2D eigenvalue weighted by Gasteiger charge is -2.29. The number of rotatable bonds is 3. The third-order valence-corrected chi connectivity index (χ3v) is 4.33. The van der Waals surface area contributed by atoms with E-state index in [-0.39, 0.29) is 6.42 Å². The fraction of sp³-hybridized carbons (Fsp3) is 0.133. The quantitative estimate of drug-likeness (QED) is 0.901. The first-order valence-electron chi connectivity index (χ1n) is 6.26. The summed E-state index contributed by atoms with van der Waals surface area (Å²) >= 11 is 1.59. The molecule has 0 saturated carbocycles. The Kier molecular flexibility index (Phi) is 3.38. The summed E-state index contributed by atoms with van der Waals surface area (Å²) in [6.07, 6.45) is 0.453. The van der Waals surface area contributed by atoms with Gasteiger partial charge in [-0.1, -0.05) is 36.0 Å². The summed E-state index contributed by atoms with van der Waals surface area (Å²) in [6.45, 7) is 0. The summed E-state index contributed by atoms with van der Waals surface area (Å²) in [4.78, 5) is 12.7. The second-order valence-corrected chi connectivity index (χ2v) is 5.62. The number of aryl methyl sites for hydroxylation is 1. The van der Waals surface area contributed by atoms with Crippen LogP contribution in [-0.2, 0) is 11.2 Å². The first-order chi connectivity index (χ1) is 9.66. The minimum Gasteiger partial charge on any atom is -0.481 e. The van der Waals surface area contributed by atoms with Crippen LogP contribution in [0, 0.1) is 0 Å². The van der Waals surface area contributed by atoms with Gasteiger partial charge in [-0.2, -0.15) is 0 Å². The number of hydrogen-bond donors (Lipinski definition) is 2. The lowest BCUT2D eigenvalue weighted by atomic mass is 10.1. The Bertz CT molecular complexity index is 672. The highest BCUT2D eigenvalue weighted by molar-refractivity contribution is 7.99. The van der Waals surface area contributed by atoms with Crippen LogP contribution >= 0.6 is 11.8 Å². The van der Waals surface area contributed by atoms with E-state index in [0.717, 1.165) is 21.0 Å². The molecule has 0 aromatic heterocycles. The van der Waals surface area contributed by atoms with Crippen LogP contribution in [0.3, 0.4) is 0 Å². The second-order valence-electron chi connectivity index (χ2n) is 4.54. The van der Waals surface area contributed by atoms with E-state index in [4.69, 9.17) is 5.11 Å². The first-order valence-corrected chi connectivity index (χ1v) is 7.08. The normalized spacial score (nSPS) is 12.8. The van der Waals surface area contributed by atoms with Crippen molar-refractivity contribution >= 4 is 29.1 Å². The average molecular weight is 287 g/mol. The number of hydrogen-bond acceptors (Lipinski definition) is 4. The smallest absolute Gasteiger partial charge is 0.303 e. The van der Waals surface area contributed by atoms with E-state index < -0.39 is 5.97 Å². The number of carboxylic acid groups (broad SMARTS) is 1. The molecule has 2 aromatic rings. The van der Waals surface area contributed by atoms with Crippen molar-refractivity contribution in [2.75, 3.05) is 5.06 Å². The predicted octanol–water partition coefficient (Wildman–Crippen LogP) is 3.70. The summed E-state index contributed by atoms with van der Waals surface area (Å²) in [5.41, 5.74) is 2.26. The molecule has 0 spiro atoms. The van der Waals surface area contributed by atoms with Crippen LogP contribution in [0.1, 0.15) is 12.0 Å². The number of nitrogens with zero attached hydrogens (tertiary/aromatic N) is 1. The summed E-state index contributed by atoms with van der Waals surface area (Å²) < 4.78 is 0. The van der Waals surface area contributed by atoms with E-state index in [1.165, 1.54) is 5.06 Å². The van der Waals surface area contributed by atoms with Gasteiger partial charge in [0.25, 0.3) is 0 Å². The Hall–Kier alpha value is -1.98. The molecular weight excluding hydrogens is 274 g/mol. The van der Waals surface area contributed by atoms with Crippen LogP contribution in [-0.4, -0.2) is 16.3 Å². The molecule has 0 saturated heterocycles. The number of para-hydroxylation sites is 2. The highest BCUT2D eigenvalue weighted by Crippen LogP contribution is 2.48. The molecule has 0 unspecified atom stereocenters. The molecule has 2 aromatic carbocycles. The zero-order valence-electron chi connectivity index (χ0n) is 10.6. The molecule has 5 heteroatoms. The fourth-order valence-corrected chi connectivity index (χ4v) is 3.39. The Morgan fingerprint density at radius 3 is 2.65 bits per heavy atom. The van der Waals surface area contributed by atoms with E-state index in [9.17, 15) is 10.0 Å². The Morgan fingerprint density at radius 2 is 1.85 bits per heavy atom. The van der Waals surface area contributed by atoms with E-state index >= 15 is 0 Å². The molecule has 1 heterocycles. The Labute approximate surface area is 120 Å². The van der Waals surface area contributed by atoms with Gasteiger partial charge in [0.2, 0.25) is 0 Å². The van der Waals surface area contributed by atoms with Crippen molar-refractivity contribution in [2.45, 2.75) is 22.6 Å². The Balaban J connectivity index is 2.02. The average Bonchev–Trinajstić information content (AvgIpc) is 2.45. The number of carbonyl (C=O) groups is 1. The first kappa shape index (κ1) is 13.0. The van der Waals surface area contributed by atoms with Crippen LogP contribution in [0.25, 0.3) is 0 Å². The molecular formula is C15H13NO3S. The second kappa shape index (κ2) is 5.19. The number of anilines is 2. The maximum atomic E-state index is 10.7. The van der Waals surface area contributed by atoms with Gasteiger partial charge >= 0.3 is 5.97 Å². The summed E-state index contributed by atoms with van der Waals surface area (Å²) in [5.74, 6) is -0.837. The lowest BCUT2D eigenvalue weighted by Crippen LogP contribution is -2.17. The number of fused-ring (bicyclic) bond motifs is 2. The highest BCUT2D eigenvalue weighted by Gasteiger charge is 2.24. The van der Waals surface area contributed by atoms with Gasteiger partial charge in [0.15, 0.2) is 0 Å². The molecule has 0 fully saturated rings. The minimum absolute atomic E-state index is 0.0522. The number of aliphatic carboxylic acids is 1. The summed E-state index contributed by atoms with van der Waals surface area (Å²) in [5, 5.41) is 20.4. The predicted molar refractivity (Wildman–Crippen MR) is 76.9 cm³/mol. The van der Waals surface area contributed by atoms with Crippen molar-refractivity contribution in [3.8, 4) is 0 Å². The fourth-order valence-electron chi connectivity index (χ4n) is 2.29. The molecule has 3 rings (SSSR count). The van der Waals surface area contributed by atoms with Gasteiger partial charge in [-0.15, -0.1) is 0 Å². The highest BCUT2D eigenvalue weighted by atomic mass is 32.2. The van der Waals surface area contributed by atoms with Gasteiger partial charge < -0.3 is 5.11 Å². The monoisotopic (exact) mass is 287 g/mol. The van der Waals surface area contributed by atoms with E-state index in [2.05, 4.69) is 0 Å². The van der Waals surface area contributed by atoms with Crippen LogP contribution in [0.2, 0.25) is 0 Å². The summed E-state index contributed by atoms with van der Waals surface area (Å²) in [7, 11) is 0.